The molecule has 3 heterocycles. The zero-order valence-electron chi connectivity index (χ0n) is 18.2. The van der Waals surface area contributed by atoms with Crippen molar-refractivity contribution in [3.05, 3.63) is 58.3 Å². The van der Waals surface area contributed by atoms with Crippen LogP contribution in [0.5, 0.6) is 11.5 Å². The van der Waals surface area contributed by atoms with Crippen LogP contribution in [0.15, 0.2) is 48.5 Å². The highest BCUT2D eigenvalue weighted by atomic mass is 35.5. The number of amides is 1. The highest BCUT2D eigenvalue weighted by Crippen LogP contribution is 2.31. The summed E-state index contributed by atoms with van der Waals surface area (Å²) < 4.78 is 16.0. The van der Waals surface area contributed by atoms with Crippen molar-refractivity contribution in [2.75, 3.05) is 32.8 Å². The van der Waals surface area contributed by atoms with Crippen molar-refractivity contribution >= 4 is 29.7 Å². The number of nitrogens with zero attached hydrogens (tertiary/aromatic N) is 5. The van der Waals surface area contributed by atoms with Crippen LogP contribution in [0, 0.1) is 4.77 Å². The number of piperazine rings is 1. The number of halogens is 1. The van der Waals surface area contributed by atoms with Crippen LogP contribution in [0.25, 0.3) is 11.4 Å². The average molecular weight is 486 g/mol. The molecule has 0 bridgehead atoms. The minimum atomic E-state index is -0.613. The first-order valence-electron chi connectivity index (χ1n) is 10.8. The highest BCUT2D eigenvalue weighted by molar-refractivity contribution is 7.71. The molecule has 5 rings (SSSR count). The van der Waals surface area contributed by atoms with E-state index < -0.39 is 6.10 Å². The molecule has 0 saturated carbocycles. The molecule has 0 radical (unpaired) electrons. The lowest BCUT2D eigenvalue weighted by Gasteiger charge is -2.37. The Hall–Kier alpha value is -2.88. The number of rotatable bonds is 4. The van der Waals surface area contributed by atoms with Crippen molar-refractivity contribution in [1.82, 2.24) is 24.1 Å². The van der Waals surface area contributed by atoms with E-state index in [0.29, 0.717) is 41.1 Å². The third kappa shape index (κ3) is 4.48. The predicted octanol–water partition coefficient (Wildman–Crippen LogP) is 3.21. The maximum atomic E-state index is 13.0. The fraction of sp³-hybridized carbons (Fsp3) is 0.348. The third-order valence-corrected chi connectivity index (χ3v) is 6.68. The van der Waals surface area contributed by atoms with E-state index in [9.17, 15) is 4.79 Å². The molecule has 1 saturated heterocycles. The summed E-state index contributed by atoms with van der Waals surface area (Å²) >= 11 is 11.6. The Kier molecular flexibility index (Phi) is 6.09. The molecule has 2 aliphatic rings. The lowest BCUT2D eigenvalue weighted by Crippen LogP contribution is -2.54. The first kappa shape index (κ1) is 21.9. The van der Waals surface area contributed by atoms with Gasteiger partial charge in [-0.05, 0) is 48.6 Å². The molecule has 2 aliphatic heterocycles. The molecule has 0 aliphatic carbocycles. The normalized spacial score (nSPS) is 18.4. The molecule has 0 N–H and O–H groups in total. The van der Waals surface area contributed by atoms with Gasteiger partial charge in [0.1, 0.15) is 6.61 Å². The maximum absolute atomic E-state index is 13.0. The Morgan fingerprint density at radius 2 is 1.79 bits per heavy atom. The number of benzene rings is 2. The molecular formula is C23H24ClN5O3S. The minimum absolute atomic E-state index is 0.0383. The van der Waals surface area contributed by atoms with Crippen LogP contribution in [0.4, 0.5) is 0 Å². The van der Waals surface area contributed by atoms with Crippen molar-refractivity contribution in [3.8, 4) is 22.9 Å². The molecule has 0 unspecified atom stereocenters. The van der Waals surface area contributed by atoms with E-state index in [1.807, 2.05) is 69.7 Å². The molecule has 3 aromatic rings. The van der Waals surface area contributed by atoms with Crippen LogP contribution in [0.3, 0.4) is 0 Å². The van der Waals surface area contributed by atoms with Crippen LogP contribution in [-0.4, -0.2) is 68.9 Å². The first-order chi connectivity index (χ1) is 16.0. The molecule has 33 heavy (non-hydrogen) atoms. The number of ether oxygens (including phenoxy) is 2. The molecule has 8 nitrogen and oxygen atoms in total. The number of hydrogen-bond acceptors (Lipinski definition) is 6. The monoisotopic (exact) mass is 485 g/mol. The second kappa shape index (κ2) is 9.17. The average Bonchev–Trinajstić information content (AvgIpc) is 3.13. The Balaban J connectivity index is 1.20. The summed E-state index contributed by atoms with van der Waals surface area (Å²) in [7, 11) is 1.91. The standard InChI is InChI=1S/C23H24ClN5O3S/c1-26-21(16-6-8-17(24)9-7-16)25-29(23(26)33)15-27-10-12-28(13-11-27)22(30)20-14-31-18-4-2-3-5-19(18)32-20/h2-9,20H,10-15H2,1H3/t20-/m1/s1. The van der Waals surface area contributed by atoms with Crippen LogP contribution in [-0.2, 0) is 18.5 Å². The van der Waals surface area contributed by atoms with Crippen LogP contribution in [0.2, 0.25) is 5.02 Å². The van der Waals surface area contributed by atoms with Gasteiger partial charge in [0, 0.05) is 43.8 Å². The van der Waals surface area contributed by atoms with E-state index in [1.165, 1.54) is 0 Å². The number of para-hydroxylation sites is 2. The first-order valence-corrected chi connectivity index (χ1v) is 11.6. The molecule has 0 spiro atoms. The summed E-state index contributed by atoms with van der Waals surface area (Å²) in [6.07, 6.45) is -0.613. The van der Waals surface area contributed by atoms with Crippen molar-refractivity contribution in [2.45, 2.75) is 12.8 Å². The van der Waals surface area contributed by atoms with Crippen molar-refractivity contribution in [1.29, 1.82) is 0 Å². The van der Waals surface area contributed by atoms with Crippen molar-refractivity contribution in [3.63, 3.8) is 0 Å². The molecule has 1 aromatic heterocycles. The third-order valence-electron chi connectivity index (χ3n) is 5.95. The summed E-state index contributed by atoms with van der Waals surface area (Å²) in [6.45, 7) is 3.48. The van der Waals surface area contributed by atoms with Crippen molar-refractivity contribution in [2.24, 2.45) is 7.05 Å². The van der Waals surface area contributed by atoms with Gasteiger partial charge in [-0.2, -0.15) is 5.10 Å². The van der Waals surface area contributed by atoms with Crippen molar-refractivity contribution < 1.29 is 14.3 Å². The van der Waals surface area contributed by atoms with Gasteiger partial charge in [0.05, 0.1) is 6.67 Å². The number of carbonyl (C=O) groups is 1. The summed E-state index contributed by atoms with van der Waals surface area (Å²) in [5, 5.41) is 5.41. The Labute approximate surface area is 201 Å². The van der Waals surface area contributed by atoms with Gasteiger partial charge in [-0.3, -0.25) is 9.69 Å². The summed E-state index contributed by atoms with van der Waals surface area (Å²) in [5.41, 5.74) is 0.957. The molecule has 10 heteroatoms. The van der Waals surface area contributed by atoms with E-state index in [0.717, 1.165) is 24.5 Å². The number of aromatic nitrogens is 3. The van der Waals surface area contributed by atoms with E-state index in [4.69, 9.17) is 38.4 Å². The van der Waals surface area contributed by atoms with Crippen LogP contribution < -0.4 is 9.47 Å². The minimum Gasteiger partial charge on any atom is -0.485 e. The van der Waals surface area contributed by atoms with Gasteiger partial charge in [0.15, 0.2) is 22.1 Å². The number of carbonyl (C=O) groups excluding carboxylic acids is 1. The largest absolute Gasteiger partial charge is 0.485 e. The SMILES string of the molecule is Cn1c(-c2ccc(Cl)cc2)nn(CN2CCN(C(=O)[C@H]3COc4ccccc4O3)CC2)c1=S. The fourth-order valence-electron chi connectivity index (χ4n) is 4.07. The van der Waals surface area contributed by atoms with E-state index in [2.05, 4.69) is 4.90 Å². The van der Waals surface area contributed by atoms with Gasteiger partial charge < -0.3 is 18.9 Å². The predicted molar refractivity (Wildman–Crippen MR) is 127 cm³/mol. The lowest BCUT2D eigenvalue weighted by molar-refractivity contribution is -0.143. The van der Waals surface area contributed by atoms with Gasteiger partial charge in [0.25, 0.3) is 5.91 Å². The summed E-state index contributed by atoms with van der Waals surface area (Å²) in [6, 6.07) is 15.0. The molecule has 172 valence electrons. The zero-order chi connectivity index (χ0) is 22.9. The molecule has 1 atom stereocenters. The molecule has 1 fully saturated rings. The smallest absolute Gasteiger partial charge is 0.267 e. The topological polar surface area (TPSA) is 64.8 Å². The summed E-state index contributed by atoms with van der Waals surface area (Å²) in [4.78, 5) is 17.1. The van der Waals surface area contributed by atoms with Crippen LogP contribution in [0.1, 0.15) is 0 Å². The molecule has 1 amide bonds. The quantitative estimate of drug-likeness (QED) is 0.529. The van der Waals surface area contributed by atoms with Gasteiger partial charge in [-0.1, -0.05) is 23.7 Å². The fourth-order valence-corrected chi connectivity index (χ4v) is 4.39. The molecule has 2 aromatic carbocycles. The Bertz CT molecular complexity index is 1220. The second-order valence-corrected chi connectivity index (χ2v) is 8.92. The Morgan fingerprint density at radius 1 is 1.09 bits per heavy atom. The molecular weight excluding hydrogens is 462 g/mol. The summed E-state index contributed by atoms with van der Waals surface area (Å²) in [5.74, 6) is 2.04. The van der Waals surface area contributed by atoms with Gasteiger partial charge in [-0.15, -0.1) is 0 Å². The Morgan fingerprint density at radius 3 is 2.52 bits per heavy atom. The zero-order valence-corrected chi connectivity index (χ0v) is 19.8. The van der Waals surface area contributed by atoms with E-state index >= 15 is 0 Å². The van der Waals surface area contributed by atoms with Crippen LogP contribution >= 0.6 is 23.8 Å². The van der Waals surface area contributed by atoms with Gasteiger partial charge >= 0.3 is 0 Å². The number of fused-ring (bicyclic) bond motifs is 1. The maximum Gasteiger partial charge on any atom is 0.267 e. The lowest BCUT2D eigenvalue weighted by atomic mass is 10.2. The van der Waals surface area contributed by atoms with Gasteiger partial charge in [-0.25, -0.2) is 4.68 Å². The second-order valence-electron chi connectivity index (χ2n) is 8.12. The highest BCUT2D eigenvalue weighted by Gasteiger charge is 2.32. The number of hydrogen-bond donors (Lipinski definition) is 0. The van der Waals surface area contributed by atoms with E-state index in [1.54, 1.807) is 0 Å². The van der Waals surface area contributed by atoms with Gasteiger partial charge in [0.2, 0.25) is 6.10 Å². The van der Waals surface area contributed by atoms with E-state index in [-0.39, 0.29) is 12.5 Å².